The van der Waals surface area contributed by atoms with Crippen LogP contribution in [0, 0.1) is 0 Å². The summed E-state index contributed by atoms with van der Waals surface area (Å²) < 4.78 is 31.9. The molecule has 1 atom stereocenters. The topological polar surface area (TPSA) is 79.0 Å². The third-order valence-corrected chi connectivity index (χ3v) is 5.64. The fourth-order valence-electron chi connectivity index (χ4n) is 2.31. The summed E-state index contributed by atoms with van der Waals surface area (Å²) in [5.74, 6) is -0.190. The van der Waals surface area contributed by atoms with E-state index < -0.39 is 10.2 Å². The molecule has 7 nitrogen and oxygen atoms in total. The number of rotatable bonds is 6. The van der Waals surface area contributed by atoms with E-state index in [0.717, 1.165) is 23.8 Å². The Bertz CT molecular complexity index is 637. The van der Waals surface area contributed by atoms with Gasteiger partial charge in [-0.05, 0) is 37.1 Å². The van der Waals surface area contributed by atoms with E-state index in [2.05, 4.69) is 5.32 Å². The molecule has 1 aliphatic heterocycles. The lowest BCUT2D eigenvalue weighted by Gasteiger charge is -2.23. The molecule has 1 saturated heterocycles. The molecule has 2 rings (SSSR count). The van der Waals surface area contributed by atoms with Crippen molar-refractivity contribution in [3.05, 3.63) is 29.8 Å². The van der Waals surface area contributed by atoms with E-state index in [4.69, 9.17) is 4.74 Å². The molecule has 1 amide bonds. The van der Waals surface area contributed by atoms with Crippen molar-refractivity contribution >= 4 is 21.8 Å². The Kier molecular flexibility index (Phi) is 5.61. The molecule has 1 unspecified atom stereocenters. The van der Waals surface area contributed by atoms with Crippen LogP contribution in [0.25, 0.3) is 0 Å². The number of amides is 1. The van der Waals surface area contributed by atoms with Crippen LogP contribution in [0.2, 0.25) is 0 Å². The Morgan fingerprint density at radius 3 is 2.43 bits per heavy atom. The van der Waals surface area contributed by atoms with E-state index in [1.54, 1.807) is 24.3 Å². The summed E-state index contributed by atoms with van der Waals surface area (Å²) in [6.07, 6.45) is 2.09. The highest BCUT2D eigenvalue weighted by atomic mass is 32.2. The summed E-state index contributed by atoms with van der Waals surface area (Å²) in [5.41, 5.74) is 0.983. The van der Waals surface area contributed by atoms with Gasteiger partial charge in [0.25, 0.3) is 5.91 Å². The van der Waals surface area contributed by atoms with E-state index in [9.17, 15) is 13.2 Å². The Hall–Kier alpha value is -1.64. The Morgan fingerprint density at radius 2 is 1.91 bits per heavy atom. The van der Waals surface area contributed by atoms with Gasteiger partial charge >= 0.3 is 10.2 Å². The van der Waals surface area contributed by atoms with Gasteiger partial charge in [0, 0.05) is 39.9 Å². The van der Waals surface area contributed by atoms with Gasteiger partial charge in [-0.1, -0.05) is 0 Å². The maximum Gasteiger partial charge on any atom is 0.303 e. The van der Waals surface area contributed by atoms with Crippen molar-refractivity contribution in [1.29, 1.82) is 0 Å². The summed E-state index contributed by atoms with van der Waals surface area (Å²) >= 11 is 0. The van der Waals surface area contributed by atoms with Crippen molar-refractivity contribution in [2.75, 3.05) is 38.6 Å². The molecule has 1 N–H and O–H groups in total. The molecule has 1 aromatic rings. The summed E-state index contributed by atoms with van der Waals surface area (Å²) in [5, 5.41) is 2.83. The van der Waals surface area contributed by atoms with Gasteiger partial charge in [0.1, 0.15) is 0 Å². The van der Waals surface area contributed by atoms with Gasteiger partial charge in [0.05, 0.1) is 11.8 Å². The molecular weight excluding hydrogens is 318 g/mol. The summed E-state index contributed by atoms with van der Waals surface area (Å²) in [6.45, 7) is 1.25. The molecule has 0 radical (unpaired) electrons. The zero-order valence-corrected chi connectivity index (χ0v) is 14.5. The Labute approximate surface area is 137 Å². The molecule has 1 fully saturated rings. The molecule has 1 heterocycles. The largest absolute Gasteiger partial charge is 0.376 e. The molecule has 8 heteroatoms. The first-order chi connectivity index (χ1) is 10.8. The number of anilines is 1. The first kappa shape index (κ1) is 17.7. The van der Waals surface area contributed by atoms with Gasteiger partial charge in [-0.15, -0.1) is 0 Å². The van der Waals surface area contributed by atoms with Crippen LogP contribution in [0.3, 0.4) is 0 Å². The highest BCUT2D eigenvalue weighted by Gasteiger charge is 2.21. The minimum absolute atomic E-state index is 0.0922. The minimum atomic E-state index is -3.53. The smallest absolute Gasteiger partial charge is 0.303 e. The lowest BCUT2D eigenvalue weighted by atomic mass is 10.2. The number of nitrogens with zero attached hydrogens (tertiary/aromatic N) is 2. The Morgan fingerprint density at radius 1 is 1.26 bits per heavy atom. The highest BCUT2D eigenvalue weighted by molar-refractivity contribution is 7.90. The summed E-state index contributed by atoms with van der Waals surface area (Å²) in [7, 11) is 0.881. The zero-order chi connectivity index (χ0) is 17.0. The van der Waals surface area contributed by atoms with Gasteiger partial charge in [-0.25, -0.2) is 0 Å². The number of hydrogen-bond donors (Lipinski definition) is 1. The van der Waals surface area contributed by atoms with E-state index in [0.29, 0.717) is 17.8 Å². The molecule has 23 heavy (non-hydrogen) atoms. The van der Waals surface area contributed by atoms with Crippen molar-refractivity contribution in [3.63, 3.8) is 0 Å². The van der Waals surface area contributed by atoms with E-state index in [1.165, 1.54) is 25.4 Å². The van der Waals surface area contributed by atoms with Crippen molar-refractivity contribution < 1.29 is 17.9 Å². The zero-order valence-electron chi connectivity index (χ0n) is 13.7. The first-order valence-electron chi connectivity index (χ1n) is 7.48. The van der Waals surface area contributed by atoms with Crippen LogP contribution >= 0.6 is 0 Å². The Balaban J connectivity index is 1.99. The average Bonchev–Trinajstić information content (AvgIpc) is 3.05. The predicted octanol–water partition coefficient (Wildman–Crippen LogP) is 0.838. The second-order valence-electron chi connectivity index (χ2n) is 5.65. The first-order valence-corrected chi connectivity index (χ1v) is 8.88. The molecule has 0 spiro atoms. The van der Waals surface area contributed by atoms with Crippen LogP contribution in [0.1, 0.15) is 23.2 Å². The molecule has 0 bridgehead atoms. The van der Waals surface area contributed by atoms with Crippen molar-refractivity contribution in [2.45, 2.75) is 18.9 Å². The fourth-order valence-corrected chi connectivity index (χ4v) is 3.19. The van der Waals surface area contributed by atoms with Crippen molar-refractivity contribution in [1.82, 2.24) is 9.62 Å². The third-order valence-electron chi connectivity index (χ3n) is 3.81. The number of hydrogen-bond acceptors (Lipinski definition) is 4. The predicted molar refractivity (Wildman–Crippen MR) is 88.8 cm³/mol. The summed E-state index contributed by atoms with van der Waals surface area (Å²) in [4.78, 5) is 12.1. The van der Waals surface area contributed by atoms with E-state index >= 15 is 0 Å². The van der Waals surface area contributed by atoms with Crippen LogP contribution in [-0.2, 0) is 14.9 Å². The van der Waals surface area contributed by atoms with Gasteiger partial charge < -0.3 is 10.1 Å². The molecule has 1 aliphatic rings. The highest BCUT2D eigenvalue weighted by Crippen LogP contribution is 2.18. The molecular formula is C15H23N3O4S. The third kappa shape index (κ3) is 4.21. The molecule has 0 saturated carbocycles. The quantitative estimate of drug-likeness (QED) is 0.831. The lowest BCUT2D eigenvalue weighted by molar-refractivity contribution is 0.0858. The normalized spacial score (nSPS) is 18.2. The van der Waals surface area contributed by atoms with Crippen LogP contribution in [0.4, 0.5) is 5.69 Å². The number of carbonyl (C=O) groups is 1. The van der Waals surface area contributed by atoms with Crippen LogP contribution in [0.5, 0.6) is 0 Å². The molecule has 0 aromatic heterocycles. The standard InChI is InChI=1S/C15H23N3O4S/c1-17(2)23(20,21)18(3)13-8-6-12(7-9-13)15(19)16-11-14-5-4-10-22-14/h6-9,14H,4-5,10-11H2,1-3H3,(H,16,19). The van der Waals surface area contributed by atoms with E-state index in [-0.39, 0.29) is 12.0 Å². The van der Waals surface area contributed by atoms with E-state index in [1.807, 2.05) is 0 Å². The maximum atomic E-state index is 12.1. The van der Waals surface area contributed by atoms with Crippen LogP contribution < -0.4 is 9.62 Å². The van der Waals surface area contributed by atoms with Crippen LogP contribution in [0.15, 0.2) is 24.3 Å². The van der Waals surface area contributed by atoms with Gasteiger partial charge in [-0.2, -0.15) is 12.7 Å². The number of nitrogens with one attached hydrogen (secondary N) is 1. The van der Waals surface area contributed by atoms with Crippen LogP contribution in [-0.4, -0.2) is 59.0 Å². The van der Waals surface area contributed by atoms with Gasteiger partial charge in [0.15, 0.2) is 0 Å². The molecule has 128 valence electrons. The maximum absolute atomic E-state index is 12.1. The molecule has 0 aliphatic carbocycles. The SMILES string of the molecule is CN(C)S(=O)(=O)N(C)c1ccc(C(=O)NCC2CCCO2)cc1. The van der Waals surface area contributed by atoms with Gasteiger partial charge in [0.2, 0.25) is 0 Å². The number of carbonyl (C=O) groups excluding carboxylic acids is 1. The van der Waals surface area contributed by atoms with Gasteiger partial charge in [-0.3, -0.25) is 9.10 Å². The second-order valence-corrected chi connectivity index (χ2v) is 7.82. The average molecular weight is 341 g/mol. The van der Waals surface area contributed by atoms with Crippen molar-refractivity contribution in [3.8, 4) is 0 Å². The van der Waals surface area contributed by atoms with Crippen molar-refractivity contribution in [2.24, 2.45) is 0 Å². The second kappa shape index (κ2) is 7.29. The minimum Gasteiger partial charge on any atom is -0.376 e. The summed E-state index contributed by atoms with van der Waals surface area (Å²) in [6, 6.07) is 6.45. The number of ether oxygens (including phenoxy) is 1. The lowest BCUT2D eigenvalue weighted by Crippen LogP contribution is -2.37. The monoisotopic (exact) mass is 341 g/mol. The molecule has 1 aromatic carbocycles. The fraction of sp³-hybridized carbons (Fsp3) is 0.533. The number of benzene rings is 1.